The number of nitrogens with zero attached hydrogens (tertiary/aromatic N) is 1. The molecule has 1 amide bonds. The lowest BCUT2D eigenvalue weighted by atomic mass is 9.69. The predicted octanol–water partition coefficient (Wildman–Crippen LogP) is 3.28. The van der Waals surface area contributed by atoms with Crippen molar-refractivity contribution in [2.24, 2.45) is 5.41 Å². The van der Waals surface area contributed by atoms with E-state index in [0.717, 1.165) is 17.7 Å². The van der Waals surface area contributed by atoms with Crippen molar-refractivity contribution < 1.29 is 4.79 Å². The van der Waals surface area contributed by atoms with Crippen LogP contribution in [0.25, 0.3) is 0 Å². The van der Waals surface area contributed by atoms with Gasteiger partial charge in [-0.05, 0) is 49.9 Å². The van der Waals surface area contributed by atoms with Gasteiger partial charge in [0, 0.05) is 10.7 Å². The van der Waals surface area contributed by atoms with Crippen LogP contribution in [0.2, 0.25) is 5.02 Å². The average molecular weight is 249 g/mol. The Morgan fingerprint density at radius 2 is 2.24 bits per heavy atom. The van der Waals surface area contributed by atoms with Crippen molar-refractivity contribution in [2.45, 2.75) is 26.2 Å². The number of aryl methyl sites for hydroxylation is 1. The number of carbonyl (C=O) groups excluding carboxylic acids is 1. The van der Waals surface area contributed by atoms with Gasteiger partial charge in [-0.15, -0.1) is 0 Å². The van der Waals surface area contributed by atoms with E-state index >= 15 is 0 Å². The van der Waals surface area contributed by atoms with Crippen LogP contribution in [0.1, 0.15) is 24.8 Å². The number of amides is 1. The highest BCUT2D eigenvalue weighted by atomic mass is 35.5. The zero-order valence-corrected chi connectivity index (χ0v) is 10.3. The molecule has 0 aromatic heterocycles. The number of halogens is 1. The molecule has 0 radical (unpaired) electrons. The maximum atomic E-state index is 12.0. The summed E-state index contributed by atoms with van der Waals surface area (Å²) < 4.78 is 0. The van der Waals surface area contributed by atoms with Gasteiger partial charge in [-0.1, -0.05) is 11.6 Å². The lowest BCUT2D eigenvalue weighted by Crippen LogP contribution is -2.40. The maximum absolute atomic E-state index is 12.0. The molecule has 1 aliphatic rings. The van der Waals surface area contributed by atoms with E-state index in [9.17, 15) is 4.79 Å². The van der Waals surface area contributed by atoms with Gasteiger partial charge in [0.2, 0.25) is 5.91 Å². The number of anilines is 1. The number of hydrogen-bond donors (Lipinski definition) is 1. The van der Waals surface area contributed by atoms with Crippen LogP contribution in [0.3, 0.4) is 0 Å². The molecule has 1 aliphatic carbocycles. The van der Waals surface area contributed by atoms with Crippen molar-refractivity contribution in [3.8, 4) is 6.07 Å². The van der Waals surface area contributed by atoms with E-state index in [-0.39, 0.29) is 5.91 Å². The Kier molecular flexibility index (Phi) is 3.08. The fourth-order valence-electron chi connectivity index (χ4n) is 1.93. The second-order valence-electron chi connectivity index (χ2n) is 4.46. The Balaban J connectivity index is 2.16. The first kappa shape index (κ1) is 11.9. The molecule has 1 aromatic carbocycles. The molecule has 0 saturated heterocycles. The molecule has 88 valence electrons. The zero-order valence-electron chi connectivity index (χ0n) is 9.59. The highest BCUT2D eigenvalue weighted by Gasteiger charge is 2.44. The number of hydrogen-bond acceptors (Lipinski definition) is 2. The number of nitriles is 1. The van der Waals surface area contributed by atoms with Gasteiger partial charge in [0.05, 0.1) is 6.07 Å². The largest absolute Gasteiger partial charge is 0.324 e. The SMILES string of the molecule is Cc1cc(Cl)ccc1NC(=O)C1(C#N)CCC1. The second-order valence-corrected chi connectivity index (χ2v) is 4.90. The van der Waals surface area contributed by atoms with Crippen LogP contribution < -0.4 is 5.32 Å². The molecule has 2 rings (SSSR count). The first-order valence-electron chi connectivity index (χ1n) is 5.56. The summed E-state index contributed by atoms with van der Waals surface area (Å²) >= 11 is 5.84. The van der Waals surface area contributed by atoms with Crippen LogP contribution in [-0.4, -0.2) is 5.91 Å². The lowest BCUT2D eigenvalue weighted by Gasteiger charge is -2.33. The van der Waals surface area contributed by atoms with Crippen LogP contribution in [0.4, 0.5) is 5.69 Å². The summed E-state index contributed by atoms with van der Waals surface area (Å²) in [4.78, 5) is 12.0. The average Bonchev–Trinajstić information content (AvgIpc) is 2.21. The van der Waals surface area contributed by atoms with Crippen molar-refractivity contribution in [1.82, 2.24) is 0 Å². The first-order chi connectivity index (χ1) is 8.07. The zero-order chi connectivity index (χ0) is 12.5. The summed E-state index contributed by atoms with van der Waals surface area (Å²) in [6.45, 7) is 1.88. The van der Waals surface area contributed by atoms with Crippen molar-refractivity contribution in [3.05, 3.63) is 28.8 Å². The van der Waals surface area contributed by atoms with Gasteiger partial charge in [-0.2, -0.15) is 5.26 Å². The molecule has 0 aliphatic heterocycles. The molecule has 1 fully saturated rings. The molecule has 0 atom stereocenters. The monoisotopic (exact) mass is 248 g/mol. The molecular formula is C13H13ClN2O. The number of carbonyl (C=O) groups is 1. The van der Waals surface area contributed by atoms with Crippen LogP contribution in [0.5, 0.6) is 0 Å². The van der Waals surface area contributed by atoms with Crippen LogP contribution in [0, 0.1) is 23.7 Å². The number of rotatable bonds is 2. The Morgan fingerprint density at radius 1 is 1.53 bits per heavy atom. The summed E-state index contributed by atoms with van der Waals surface area (Å²) in [7, 11) is 0. The Hall–Kier alpha value is -1.53. The second kappa shape index (κ2) is 4.38. The summed E-state index contributed by atoms with van der Waals surface area (Å²) in [5, 5.41) is 12.5. The quantitative estimate of drug-likeness (QED) is 0.873. The van der Waals surface area contributed by atoms with Gasteiger partial charge in [-0.25, -0.2) is 0 Å². The molecule has 17 heavy (non-hydrogen) atoms. The highest BCUT2D eigenvalue weighted by Crippen LogP contribution is 2.41. The smallest absolute Gasteiger partial charge is 0.244 e. The molecule has 1 saturated carbocycles. The highest BCUT2D eigenvalue weighted by molar-refractivity contribution is 6.30. The lowest BCUT2D eigenvalue weighted by molar-refractivity contribution is -0.126. The minimum Gasteiger partial charge on any atom is -0.324 e. The Labute approximate surface area is 105 Å². The third kappa shape index (κ3) is 2.13. The standard InChI is InChI=1S/C13H13ClN2O/c1-9-7-10(14)3-4-11(9)16-12(17)13(8-15)5-2-6-13/h3-4,7H,2,5-6H2,1H3,(H,16,17). The molecule has 0 bridgehead atoms. The summed E-state index contributed by atoms with van der Waals surface area (Å²) in [6.07, 6.45) is 2.25. The summed E-state index contributed by atoms with van der Waals surface area (Å²) in [5.74, 6) is -0.198. The molecule has 1 N–H and O–H groups in total. The van der Waals surface area contributed by atoms with E-state index in [1.54, 1.807) is 18.2 Å². The van der Waals surface area contributed by atoms with E-state index in [4.69, 9.17) is 16.9 Å². The van der Waals surface area contributed by atoms with Gasteiger partial charge in [0.1, 0.15) is 5.41 Å². The predicted molar refractivity (Wildman–Crippen MR) is 66.7 cm³/mol. The maximum Gasteiger partial charge on any atom is 0.244 e. The van der Waals surface area contributed by atoms with Crippen LogP contribution in [-0.2, 0) is 4.79 Å². The van der Waals surface area contributed by atoms with Crippen molar-refractivity contribution in [1.29, 1.82) is 5.26 Å². The fourth-order valence-corrected chi connectivity index (χ4v) is 2.16. The van der Waals surface area contributed by atoms with Gasteiger partial charge in [0.25, 0.3) is 0 Å². The van der Waals surface area contributed by atoms with E-state index in [1.165, 1.54) is 0 Å². The summed E-state index contributed by atoms with van der Waals surface area (Å²) in [6, 6.07) is 7.41. The van der Waals surface area contributed by atoms with Crippen LogP contribution >= 0.6 is 11.6 Å². The van der Waals surface area contributed by atoms with E-state index in [2.05, 4.69) is 11.4 Å². The minimum atomic E-state index is -0.813. The third-order valence-corrected chi connectivity index (χ3v) is 3.53. The fraction of sp³-hybridized carbons (Fsp3) is 0.385. The van der Waals surface area contributed by atoms with Gasteiger partial charge < -0.3 is 5.32 Å². The topological polar surface area (TPSA) is 52.9 Å². The normalized spacial score (nSPS) is 16.8. The van der Waals surface area contributed by atoms with Crippen molar-refractivity contribution in [3.63, 3.8) is 0 Å². The van der Waals surface area contributed by atoms with Gasteiger partial charge in [0.15, 0.2) is 0 Å². The van der Waals surface area contributed by atoms with Crippen molar-refractivity contribution >= 4 is 23.2 Å². The summed E-state index contributed by atoms with van der Waals surface area (Å²) in [5.41, 5.74) is 0.811. The Bertz CT molecular complexity index is 501. The molecule has 4 heteroatoms. The molecule has 0 spiro atoms. The van der Waals surface area contributed by atoms with Crippen molar-refractivity contribution in [2.75, 3.05) is 5.32 Å². The molecule has 0 heterocycles. The minimum absolute atomic E-state index is 0.198. The first-order valence-corrected chi connectivity index (χ1v) is 5.94. The van der Waals surface area contributed by atoms with Gasteiger partial charge >= 0.3 is 0 Å². The molecule has 0 unspecified atom stereocenters. The number of benzene rings is 1. The van der Waals surface area contributed by atoms with E-state index < -0.39 is 5.41 Å². The van der Waals surface area contributed by atoms with E-state index in [0.29, 0.717) is 17.9 Å². The van der Waals surface area contributed by atoms with Gasteiger partial charge in [-0.3, -0.25) is 4.79 Å². The molecule has 3 nitrogen and oxygen atoms in total. The Morgan fingerprint density at radius 3 is 2.71 bits per heavy atom. The number of nitrogens with one attached hydrogen (secondary N) is 1. The van der Waals surface area contributed by atoms with E-state index in [1.807, 2.05) is 6.92 Å². The third-order valence-electron chi connectivity index (χ3n) is 3.29. The molecule has 1 aromatic rings. The van der Waals surface area contributed by atoms with Crippen LogP contribution in [0.15, 0.2) is 18.2 Å². The molecular weight excluding hydrogens is 236 g/mol.